The number of benzene rings is 1. The van der Waals surface area contributed by atoms with Crippen LogP contribution >= 0.6 is 0 Å². The summed E-state index contributed by atoms with van der Waals surface area (Å²) in [4.78, 5) is 0. The molecule has 4 aliphatic rings. The van der Waals surface area contributed by atoms with E-state index in [0.717, 1.165) is 29.6 Å². The highest BCUT2D eigenvalue weighted by Gasteiger charge is 2.50. The van der Waals surface area contributed by atoms with E-state index < -0.39 is 0 Å². The Labute approximate surface area is 123 Å². The molecule has 4 aliphatic carbocycles. The van der Waals surface area contributed by atoms with Crippen LogP contribution in [-0.4, -0.2) is 7.05 Å². The van der Waals surface area contributed by atoms with Crippen molar-refractivity contribution < 1.29 is 0 Å². The molecule has 1 N–H and O–H groups in total. The lowest BCUT2D eigenvalue weighted by Crippen LogP contribution is -2.49. The fourth-order valence-corrected chi connectivity index (χ4v) is 6.00. The van der Waals surface area contributed by atoms with Gasteiger partial charge in [-0.25, -0.2) is 0 Å². The number of rotatable bonds is 3. The highest BCUT2D eigenvalue weighted by molar-refractivity contribution is 5.30. The van der Waals surface area contributed by atoms with Gasteiger partial charge in [-0.05, 0) is 86.8 Å². The second-order valence-corrected chi connectivity index (χ2v) is 7.63. The summed E-state index contributed by atoms with van der Waals surface area (Å²) < 4.78 is 0. The van der Waals surface area contributed by atoms with E-state index >= 15 is 0 Å². The lowest BCUT2D eigenvalue weighted by atomic mass is 9.50. The average molecular weight is 269 g/mol. The molecule has 108 valence electrons. The van der Waals surface area contributed by atoms with Gasteiger partial charge in [0.05, 0.1) is 0 Å². The van der Waals surface area contributed by atoms with Gasteiger partial charge in [0, 0.05) is 6.04 Å². The molecule has 0 spiro atoms. The first kappa shape index (κ1) is 12.9. The molecule has 0 saturated heterocycles. The molecular weight excluding hydrogens is 242 g/mol. The molecule has 0 aliphatic heterocycles. The summed E-state index contributed by atoms with van der Waals surface area (Å²) in [5.41, 5.74) is 3.01. The topological polar surface area (TPSA) is 12.0 Å². The zero-order chi connectivity index (χ0) is 13.7. The van der Waals surface area contributed by atoms with Crippen molar-refractivity contribution in [1.82, 2.24) is 5.32 Å². The second-order valence-electron chi connectivity index (χ2n) is 7.63. The van der Waals surface area contributed by atoms with Crippen molar-refractivity contribution in [3.63, 3.8) is 0 Å². The van der Waals surface area contributed by atoms with Crippen molar-refractivity contribution >= 4 is 0 Å². The fraction of sp³-hybridized carbons (Fsp3) is 0.684. The zero-order valence-corrected chi connectivity index (χ0v) is 12.8. The molecule has 0 radical (unpaired) electrons. The molecule has 5 rings (SSSR count). The van der Waals surface area contributed by atoms with Gasteiger partial charge < -0.3 is 5.32 Å². The van der Waals surface area contributed by atoms with Crippen LogP contribution in [0.1, 0.15) is 49.3 Å². The van der Waals surface area contributed by atoms with E-state index in [1.807, 2.05) is 0 Å². The molecule has 0 heterocycles. The number of aryl methyl sites for hydroxylation is 1. The maximum absolute atomic E-state index is 3.69. The van der Waals surface area contributed by atoms with Crippen LogP contribution in [0.25, 0.3) is 0 Å². The largest absolute Gasteiger partial charge is 0.313 e. The Bertz CT molecular complexity index is 464. The maximum Gasteiger partial charge on any atom is 0.0354 e. The SMILES string of the molecule is CNC(c1ccccc1C)C1C2CC3CC(C2)CC1C3. The van der Waals surface area contributed by atoms with Gasteiger partial charge in [-0.15, -0.1) is 0 Å². The third-order valence-electron chi connectivity index (χ3n) is 6.52. The van der Waals surface area contributed by atoms with Gasteiger partial charge in [0.2, 0.25) is 0 Å². The summed E-state index contributed by atoms with van der Waals surface area (Å²) in [5.74, 6) is 5.01. The normalized spacial score (nSPS) is 40.0. The van der Waals surface area contributed by atoms with E-state index in [2.05, 4.69) is 43.6 Å². The Balaban J connectivity index is 1.67. The number of nitrogens with one attached hydrogen (secondary N) is 1. The molecule has 4 bridgehead atoms. The number of hydrogen-bond donors (Lipinski definition) is 1. The van der Waals surface area contributed by atoms with Crippen molar-refractivity contribution in [3.05, 3.63) is 35.4 Å². The van der Waals surface area contributed by atoms with Crippen LogP contribution < -0.4 is 5.32 Å². The Hall–Kier alpha value is -0.820. The zero-order valence-electron chi connectivity index (χ0n) is 12.8. The van der Waals surface area contributed by atoms with E-state index in [9.17, 15) is 0 Å². The molecule has 20 heavy (non-hydrogen) atoms. The van der Waals surface area contributed by atoms with E-state index in [1.54, 1.807) is 12.0 Å². The van der Waals surface area contributed by atoms with E-state index in [1.165, 1.54) is 31.2 Å². The quantitative estimate of drug-likeness (QED) is 0.861. The third-order valence-corrected chi connectivity index (χ3v) is 6.52. The molecule has 4 saturated carbocycles. The Morgan fingerprint density at radius 1 is 0.950 bits per heavy atom. The third kappa shape index (κ3) is 1.94. The molecule has 1 aromatic carbocycles. The molecule has 1 unspecified atom stereocenters. The van der Waals surface area contributed by atoms with Crippen LogP contribution in [0, 0.1) is 36.5 Å². The molecule has 0 aromatic heterocycles. The summed E-state index contributed by atoms with van der Waals surface area (Å²) in [5, 5.41) is 3.69. The van der Waals surface area contributed by atoms with Crippen molar-refractivity contribution in [2.75, 3.05) is 7.05 Å². The van der Waals surface area contributed by atoms with Crippen LogP contribution in [0.5, 0.6) is 0 Å². The summed E-state index contributed by atoms with van der Waals surface area (Å²) in [6.45, 7) is 2.27. The monoisotopic (exact) mass is 269 g/mol. The standard InChI is InChI=1S/C19H27N/c1-12-5-3-4-6-17(12)19(20-2)18-15-8-13-7-14(10-15)11-16(18)9-13/h3-6,13-16,18-20H,7-11H2,1-2H3. The lowest BCUT2D eigenvalue weighted by Gasteiger charge is -2.56. The first-order chi connectivity index (χ1) is 9.76. The van der Waals surface area contributed by atoms with Crippen LogP contribution in [0.2, 0.25) is 0 Å². The van der Waals surface area contributed by atoms with E-state index in [0.29, 0.717) is 6.04 Å². The molecule has 1 heteroatoms. The molecule has 1 nitrogen and oxygen atoms in total. The predicted molar refractivity (Wildman–Crippen MR) is 83.5 cm³/mol. The minimum atomic E-state index is 0.575. The second kappa shape index (κ2) is 4.87. The number of hydrogen-bond acceptors (Lipinski definition) is 1. The van der Waals surface area contributed by atoms with Crippen molar-refractivity contribution in [1.29, 1.82) is 0 Å². The summed E-state index contributed by atoms with van der Waals surface area (Å²) in [7, 11) is 2.17. The van der Waals surface area contributed by atoms with Gasteiger partial charge in [-0.1, -0.05) is 24.3 Å². The summed E-state index contributed by atoms with van der Waals surface area (Å²) >= 11 is 0. The van der Waals surface area contributed by atoms with Gasteiger partial charge in [0.1, 0.15) is 0 Å². The Kier molecular flexibility index (Phi) is 3.14. The van der Waals surface area contributed by atoms with Gasteiger partial charge >= 0.3 is 0 Å². The summed E-state index contributed by atoms with van der Waals surface area (Å²) in [6.07, 6.45) is 7.61. The van der Waals surface area contributed by atoms with Gasteiger partial charge in [-0.3, -0.25) is 0 Å². The lowest BCUT2D eigenvalue weighted by molar-refractivity contribution is -0.0516. The Morgan fingerprint density at radius 3 is 2.10 bits per heavy atom. The molecule has 1 aromatic rings. The van der Waals surface area contributed by atoms with Crippen molar-refractivity contribution in [3.8, 4) is 0 Å². The van der Waals surface area contributed by atoms with Gasteiger partial charge in [-0.2, -0.15) is 0 Å². The molecule has 1 atom stereocenters. The fourth-order valence-electron chi connectivity index (χ4n) is 6.00. The van der Waals surface area contributed by atoms with Crippen LogP contribution in [0.3, 0.4) is 0 Å². The van der Waals surface area contributed by atoms with Gasteiger partial charge in [0.15, 0.2) is 0 Å². The van der Waals surface area contributed by atoms with Crippen molar-refractivity contribution in [2.24, 2.45) is 29.6 Å². The van der Waals surface area contributed by atoms with Crippen LogP contribution in [0.4, 0.5) is 0 Å². The van der Waals surface area contributed by atoms with E-state index in [-0.39, 0.29) is 0 Å². The molecule has 0 amide bonds. The smallest absolute Gasteiger partial charge is 0.0354 e. The van der Waals surface area contributed by atoms with E-state index in [4.69, 9.17) is 0 Å². The Morgan fingerprint density at radius 2 is 1.55 bits per heavy atom. The van der Waals surface area contributed by atoms with Crippen molar-refractivity contribution in [2.45, 2.75) is 45.1 Å². The summed E-state index contributed by atoms with van der Waals surface area (Å²) in [6, 6.07) is 9.58. The predicted octanol–water partition coefficient (Wildman–Crippen LogP) is 4.33. The first-order valence-corrected chi connectivity index (χ1v) is 8.49. The van der Waals surface area contributed by atoms with Gasteiger partial charge in [0.25, 0.3) is 0 Å². The molecular formula is C19H27N. The highest BCUT2D eigenvalue weighted by atomic mass is 14.9. The van der Waals surface area contributed by atoms with Crippen LogP contribution in [0.15, 0.2) is 24.3 Å². The minimum Gasteiger partial charge on any atom is -0.313 e. The highest BCUT2D eigenvalue weighted by Crippen LogP contribution is 2.59. The maximum atomic E-state index is 3.69. The van der Waals surface area contributed by atoms with Crippen LogP contribution in [-0.2, 0) is 0 Å². The molecule has 4 fully saturated rings. The first-order valence-electron chi connectivity index (χ1n) is 8.49. The average Bonchev–Trinajstić information content (AvgIpc) is 2.43. The minimum absolute atomic E-state index is 0.575.